The van der Waals surface area contributed by atoms with Gasteiger partial charge in [-0.2, -0.15) is 4.31 Å². The fourth-order valence-electron chi connectivity index (χ4n) is 2.52. The maximum Gasteiger partial charge on any atom is 0.243 e. The van der Waals surface area contributed by atoms with Crippen LogP contribution >= 0.6 is 0 Å². The van der Waals surface area contributed by atoms with E-state index in [4.69, 9.17) is 4.74 Å². The van der Waals surface area contributed by atoms with E-state index in [0.29, 0.717) is 18.0 Å². The maximum absolute atomic E-state index is 12.6. The van der Waals surface area contributed by atoms with Gasteiger partial charge in [-0.25, -0.2) is 8.42 Å². The number of ether oxygens (including phenoxy) is 1. The summed E-state index contributed by atoms with van der Waals surface area (Å²) in [5.74, 6) is 0. The number of rotatable bonds is 4. The minimum Gasteiger partial charge on any atom is -0.375 e. The summed E-state index contributed by atoms with van der Waals surface area (Å²) in [4.78, 5) is 0.390. The third-order valence-corrected chi connectivity index (χ3v) is 5.39. The normalized spacial score (nSPS) is 18.6. The van der Waals surface area contributed by atoms with Crippen LogP contribution < -0.4 is 0 Å². The lowest BCUT2D eigenvalue weighted by molar-refractivity contribution is -0.0168. The topological polar surface area (TPSA) is 46.6 Å². The zero-order valence-electron chi connectivity index (χ0n) is 12.4. The summed E-state index contributed by atoms with van der Waals surface area (Å²) in [6.07, 6.45) is 1.91. The van der Waals surface area contributed by atoms with Crippen molar-refractivity contribution in [3.8, 4) is 0 Å². The fraction of sp³-hybridized carbons (Fsp3) is 0.600. The van der Waals surface area contributed by atoms with Gasteiger partial charge in [-0.3, -0.25) is 0 Å². The van der Waals surface area contributed by atoms with Gasteiger partial charge >= 0.3 is 0 Å². The molecule has 1 saturated heterocycles. The third-order valence-electron chi connectivity index (χ3n) is 3.49. The Morgan fingerprint density at radius 1 is 1.25 bits per heavy atom. The molecule has 0 radical (unpaired) electrons. The molecule has 1 aliphatic rings. The van der Waals surface area contributed by atoms with Crippen molar-refractivity contribution in [2.75, 3.05) is 13.1 Å². The molecule has 4 nitrogen and oxygen atoms in total. The van der Waals surface area contributed by atoms with Gasteiger partial charge in [0, 0.05) is 13.1 Å². The molecule has 0 amide bonds. The van der Waals surface area contributed by atoms with Crippen molar-refractivity contribution in [1.82, 2.24) is 4.31 Å². The van der Waals surface area contributed by atoms with E-state index in [1.165, 1.54) is 0 Å². The van der Waals surface area contributed by atoms with Crippen LogP contribution in [0.3, 0.4) is 0 Å². The number of piperidine rings is 1. The first kappa shape index (κ1) is 15.5. The van der Waals surface area contributed by atoms with Gasteiger partial charge in [0.2, 0.25) is 10.0 Å². The molecule has 0 saturated carbocycles. The molecule has 2 rings (SSSR count). The highest BCUT2D eigenvalue weighted by atomic mass is 32.2. The molecule has 5 heteroatoms. The molecular formula is C15H23NO3S. The van der Waals surface area contributed by atoms with Gasteiger partial charge in [-0.1, -0.05) is 12.1 Å². The third kappa shape index (κ3) is 3.59. The fourth-order valence-corrected chi connectivity index (χ4v) is 4.09. The molecule has 20 heavy (non-hydrogen) atoms. The molecule has 0 unspecified atom stereocenters. The highest BCUT2D eigenvalue weighted by molar-refractivity contribution is 7.89. The Bertz CT molecular complexity index is 546. The van der Waals surface area contributed by atoms with Gasteiger partial charge in [0.25, 0.3) is 0 Å². The van der Waals surface area contributed by atoms with Gasteiger partial charge in [0.15, 0.2) is 0 Å². The number of sulfonamides is 1. The largest absolute Gasteiger partial charge is 0.375 e. The lowest BCUT2D eigenvalue weighted by Crippen LogP contribution is -2.41. The molecule has 1 fully saturated rings. The lowest BCUT2D eigenvalue weighted by Gasteiger charge is -2.32. The molecule has 112 valence electrons. The van der Waals surface area contributed by atoms with Crippen LogP contribution in [0.15, 0.2) is 29.2 Å². The molecular weight excluding hydrogens is 274 g/mol. The summed E-state index contributed by atoms with van der Waals surface area (Å²) in [5, 5.41) is 0. The second-order valence-electron chi connectivity index (χ2n) is 5.60. The van der Waals surface area contributed by atoms with E-state index in [0.717, 1.165) is 18.4 Å². The second kappa shape index (κ2) is 6.24. The minimum absolute atomic E-state index is 0.180. The maximum atomic E-state index is 12.6. The number of nitrogens with zero attached hydrogens (tertiary/aromatic N) is 1. The second-order valence-corrected chi connectivity index (χ2v) is 7.54. The Balaban J connectivity index is 2.06. The van der Waals surface area contributed by atoms with E-state index >= 15 is 0 Å². The summed E-state index contributed by atoms with van der Waals surface area (Å²) < 4.78 is 32.4. The van der Waals surface area contributed by atoms with E-state index in [1.807, 2.05) is 26.8 Å². The molecule has 0 atom stereocenters. The van der Waals surface area contributed by atoms with E-state index in [2.05, 4.69) is 0 Å². The van der Waals surface area contributed by atoms with E-state index in [-0.39, 0.29) is 12.2 Å². The van der Waals surface area contributed by atoms with Crippen molar-refractivity contribution in [1.29, 1.82) is 0 Å². The highest BCUT2D eigenvalue weighted by Gasteiger charge is 2.29. The molecule has 1 aromatic rings. The van der Waals surface area contributed by atoms with Crippen LogP contribution in [0.4, 0.5) is 0 Å². The van der Waals surface area contributed by atoms with Crippen molar-refractivity contribution >= 4 is 10.0 Å². The zero-order valence-corrected chi connectivity index (χ0v) is 13.2. The standard InChI is InChI=1S/C15H23NO3S/c1-12(2)19-14-7-9-16(10-8-14)20(17,18)15-6-4-5-13(3)11-15/h4-6,11-12,14H,7-10H2,1-3H3. The van der Waals surface area contributed by atoms with Gasteiger partial charge in [0.05, 0.1) is 17.1 Å². The summed E-state index contributed by atoms with van der Waals surface area (Å²) in [6.45, 7) is 6.99. The molecule has 0 aromatic heterocycles. The summed E-state index contributed by atoms with van der Waals surface area (Å²) in [7, 11) is -3.36. The quantitative estimate of drug-likeness (QED) is 0.858. The van der Waals surface area contributed by atoms with E-state index < -0.39 is 10.0 Å². The first-order valence-electron chi connectivity index (χ1n) is 7.12. The first-order valence-corrected chi connectivity index (χ1v) is 8.56. The van der Waals surface area contributed by atoms with E-state index in [1.54, 1.807) is 22.5 Å². The van der Waals surface area contributed by atoms with Crippen molar-refractivity contribution in [2.45, 2.75) is 50.7 Å². The highest BCUT2D eigenvalue weighted by Crippen LogP contribution is 2.23. The lowest BCUT2D eigenvalue weighted by atomic mass is 10.1. The van der Waals surface area contributed by atoms with Crippen LogP contribution in [-0.4, -0.2) is 38.0 Å². The predicted octanol–water partition coefficient (Wildman–Crippen LogP) is 2.57. The molecule has 0 bridgehead atoms. The average Bonchev–Trinajstić information content (AvgIpc) is 2.38. The summed E-state index contributed by atoms with van der Waals surface area (Å²) >= 11 is 0. The van der Waals surface area contributed by atoms with Gasteiger partial charge in [-0.05, 0) is 51.3 Å². The number of hydrogen-bond acceptors (Lipinski definition) is 3. The zero-order chi connectivity index (χ0) is 14.8. The number of benzene rings is 1. The predicted molar refractivity (Wildman–Crippen MR) is 79.2 cm³/mol. The van der Waals surface area contributed by atoms with E-state index in [9.17, 15) is 8.42 Å². The SMILES string of the molecule is Cc1cccc(S(=O)(=O)N2CCC(OC(C)C)CC2)c1. The Morgan fingerprint density at radius 3 is 2.45 bits per heavy atom. The molecule has 1 heterocycles. The number of hydrogen-bond donors (Lipinski definition) is 0. The number of aryl methyl sites for hydroxylation is 1. The minimum atomic E-state index is -3.36. The van der Waals surface area contributed by atoms with Crippen LogP contribution in [0.25, 0.3) is 0 Å². The molecule has 0 N–H and O–H groups in total. The van der Waals surface area contributed by atoms with Crippen molar-refractivity contribution < 1.29 is 13.2 Å². The molecule has 0 spiro atoms. The summed E-state index contributed by atoms with van der Waals surface area (Å²) in [5.41, 5.74) is 0.962. The first-order chi connectivity index (χ1) is 9.39. The van der Waals surface area contributed by atoms with Crippen molar-refractivity contribution in [2.24, 2.45) is 0 Å². The average molecular weight is 297 g/mol. The monoisotopic (exact) mass is 297 g/mol. The molecule has 0 aliphatic carbocycles. The molecule has 1 aromatic carbocycles. The van der Waals surface area contributed by atoms with Crippen molar-refractivity contribution in [3.05, 3.63) is 29.8 Å². The van der Waals surface area contributed by atoms with Crippen LogP contribution in [0.5, 0.6) is 0 Å². The smallest absolute Gasteiger partial charge is 0.243 e. The van der Waals surface area contributed by atoms with Crippen LogP contribution in [0.1, 0.15) is 32.3 Å². The van der Waals surface area contributed by atoms with Crippen LogP contribution in [0.2, 0.25) is 0 Å². The van der Waals surface area contributed by atoms with Gasteiger partial charge in [-0.15, -0.1) is 0 Å². The Hall–Kier alpha value is -0.910. The Labute approximate surface area is 121 Å². The van der Waals surface area contributed by atoms with Crippen LogP contribution in [-0.2, 0) is 14.8 Å². The van der Waals surface area contributed by atoms with Crippen molar-refractivity contribution in [3.63, 3.8) is 0 Å². The Morgan fingerprint density at radius 2 is 1.90 bits per heavy atom. The Kier molecular flexibility index (Phi) is 4.83. The van der Waals surface area contributed by atoms with Gasteiger partial charge < -0.3 is 4.74 Å². The van der Waals surface area contributed by atoms with Crippen LogP contribution in [0, 0.1) is 6.92 Å². The summed E-state index contributed by atoms with van der Waals surface area (Å²) in [6, 6.07) is 7.09. The molecule has 1 aliphatic heterocycles. The van der Waals surface area contributed by atoms with Gasteiger partial charge in [0.1, 0.15) is 0 Å².